The van der Waals surface area contributed by atoms with Crippen LogP contribution in [0.2, 0.25) is 0 Å². The summed E-state index contributed by atoms with van der Waals surface area (Å²) in [5.74, 6) is 1.34. The van der Waals surface area contributed by atoms with Gasteiger partial charge in [0, 0.05) is 24.6 Å². The molecule has 0 fully saturated rings. The first kappa shape index (κ1) is 12.6. The number of rotatable bonds is 4. The Morgan fingerprint density at radius 2 is 1.94 bits per heavy atom. The van der Waals surface area contributed by atoms with Gasteiger partial charge in [0.25, 0.3) is 0 Å². The van der Waals surface area contributed by atoms with E-state index >= 15 is 0 Å². The van der Waals surface area contributed by atoms with Crippen LogP contribution in [0.1, 0.15) is 24.7 Å². The molecule has 0 aliphatic heterocycles. The summed E-state index contributed by atoms with van der Waals surface area (Å²) in [7, 11) is 0. The number of aromatic nitrogens is 4. The third kappa shape index (κ3) is 3.07. The predicted molar refractivity (Wildman–Crippen MR) is 69.8 cm³/mol. The Bertz CT molecular complexity index is 509. The van der Waals surface area contributed by atoms with Crippen molar-refractivity contribution in [2.24, 2.45) is 5.73 Å². The molecule has 18 heavy (non-hydrogen) atoms. The van der Waals surface area contributed by atoms with Crippen LogP contribution in [0, 0.1) is 6.92 Å². The van der Waals surface area contributed by atoms with Gasteiger partial charge in [-0.05, 0) is 31.4 Å². The van der Waals surface area contributed by atoms with E-state index in [1.807, 2.05) is 19.3 Å². The molecule has 2 rings (SSSR count). The fourth-order valence-electron chi connectivity index (χ4n) is 1.62. The van der Waals surface area contributed by atoms with Crippen LogP contribution in [0.5, 0.6) is 0 Å². The van der Waals surface area contributed by atoms with E-state index in [9.17, 15) is 0 Å². The Kier molecular flexibility index (Phi) is 3.94. The quantitative estimate of drug-likeness (QED) is 0.881. The normalized spacial score (nSPS) is 12.4. The van der Waals surface area contributed by atoms with Crippen molar-refractivity contribution in [3.05, 3.63) is 36.0 Å². The molecule has 2 aromatic rings. The summed E-state index contributed by atoms with van der Waals surface area (Å²) in [5.41, 5.74) is 7.70. The van der Waals surface area contributed by atoms with Gasteiger partial charge < -0.3 is 5.73 Å². The predicted octanol–water partition coefficient (Wildman–Crippen LogP) is 1.52. The van der Waals surface area contributed by atoms with Crippen LogP contribution < -0.4 is 5.73 Å². The van der Waals surface area contributed by atoms with Crippen molar-refractivity contribution in [1.29, 1.82) is 0 Å². The highest BCUT2D eigenvalue weighted by Crippen LogP contribution is 2.11. The summed E-state index contributed by atoms with van der Waals surface area (Å²) in [4.78, 5) is 17.0. The van der Waals surface area contributed by atoms with Crippen molar-refractivity contribution in [2.45, 2.75) is 32.7 Å². The highest BCUT2D eigenvalue weighted by Gasteiger charge is 2.05. The van der Waals surface area contributed by atoms with Crippen LogP contribution in [0.25, 0.3) is 11.5 Å². The van der Waals surface area contributed by atoms with E-state index in [1.54, 1.807) is 12.3 Å². The molecule has 2 N–H and O–H groups in total. The summed E-state index contributed by atoms with van der Waals surface area (Å²) >= 11 is 0. The van der Waals surface area contributed by atoms with Gasteiger partial charge in [0.05, 0.1) is 0 Å². The first-order chi connectivity index (χ1) is 8.69. The molecule has 0 aromatic carbocycles. The van der Waals surface area contributed by atoms with Gasteiger partial charge in [-0.3, -0.25) is 0 Å². The number of hydrogen-bond acceptors (Lipinski definition) is 5. The molecule has 1 unspecified atom stereocenters. The molecule has 2 heterocycles. The van der Waals surface area contributed by atoms with Gasteiger partial charge in [-0.1, -0.05) is 6.92 Å². The van der Waals surface area contributed by atoms with Gasteiger partial charge >= 0.3 is 0 Å². The van der Waals surface area contributed by atoms with Crippen LogP contribution in [0.15, 0.2) is 24.7 Å². The van der Waals surface area contributed by atoms with Crippen LogP contribution >= 0.6 is 0 Å². The fourth-order valence-corrected chi connectivity index (χ4v) is 1.62. The topological polar surface area (TPSA) is 77.6 Å². The lowest BCUT2D eigenvalue weighted by atomic mass is 10.1. The van der Waals surface area contributed by atoms with Crippen LogP contribution in [0.4, 0.5) is 0 Å². The molecule has 5 heteroatoms. The Labute approximate surface area is 107 Å². The molecular weight excluding hydrogens is 226 g/mol. The maximum Gasteiger partial charge on any atom is 0.178 e. The van der Waals surface area contributed by atoms with Crippen LogP contribution in [-0.2, 0) is 6.42 Å². The standard InChI is InChI=1S/C13H17N5/c1-3-11(14)6-10-7-16-13(17-8-10)12-4-5-15-9(2)18-12/h4-5,7-8,11H,3,6,14H2,1-2H3. The maximum atomic E-state index is 5.90. The third-order valence-corrected chi connectivity index (χ3v) is 2.73. The summed E-state index contributed by atoms with van der Waals surface area (Å²) in [6.07, 6.45) is 7.10. The van der Waals surface area contributed by atoms with Gasteiger partial charge in [-0.2, -0.15) is 0 Å². The molecule has 0 saturated carbocycles. The maximum absolute atomic E-state index is 5.90. The third-order valence-electron chi connectivity index (χ3n) is 2.73. The van der Waals surface area contributed by atoms with Crippen molar-refractivity contribution >= 4 is 0 Å². The molecule has 0 amide bonds. The minimum atomic E-state index is 0.167. The van der Waals surface area contributed by atoms with E-state index in [1.165, 1.54) is 0 Å². The molecule has 94 valence electrons. The van der Waals surface area contributed by atoms with Gasteiger partial charge in [-0.15, -0.1) is 0 Å². The Hall–Kier alpha value is -1.88. The van der Waals surface area contributed by atoms with E-state index in [0.717, 1.165) is 24.1 Å². The molecule has 5 nitrogen and oxygen atoms in total. The summed E-state index contributed by atoms with van der Waals surface area (Å²) in [5, 5.41) is 0. The fraction of sp³-hybridized carbons (Fsp3) is 0.385. The first-order valence-electron chi connectivity index (χ1n) is 6.05. The number of nitrogens with two attached hydrogens (primary N) is 1. The van der Waals surface area contributed by atoms with E-state index in [0.29, 0.717) is 11.6 Å². The molecule has 2 aromatic heterocycles. The highest BCUT2D eigenvalue weighted by molar-refractivity contribution is 5.47. The van der Waals surface area contributed by atoms with Gasteiger partial charge in [0.1, 0.15) is 11.5 Å². The summed E-state index contributed by atoms with van der Waals surface area (Å²) < 4.78 is 0. The van der Waals surface area contributed by atoms with Gasteiger partial charge in [0.2, 0.25) is 0 Å². The lowest BCUT2D eigenvalue weighted by Crippen LogP contribution is -2.21. The van der Waals surface area contributed by atoms with Crippen molar-refractivity contribution in [1.82, 2.24) is 19.9 Å². The van der Waals surface area contributed by atoms with E-state index in [2.05, 4.69) is 26.9 Å². The minimum absolute atomic E-state index is 0.167. The molecule has 0 saturated heterocycles. The Morgan fingerprint density at radius 3 is 2.56 bits per heavy atom. The summed E-state index contributed by atoms with van der Waals surface area (Å²) in [6.45, 7) is 3.92. The first-order valence-corrected chi connectivity index (χ1v) is 6.05. The Balaban J connectivity index is 2.17. The number of nitrogens with zero attached hydrogens (tertiary/aromatic N) is 4. The second-order valence-corrected chi connectivity index (χ2v) is 4.28. The van der Waals surface area contributed by atoms with E-state index < -0.39 is 0 Å². The van der Waals surface area contributed by atoms with Crippen molar-refractivity contribution in [3.63, 3.8) is 0 Å². The molecule has 1 atom stereocenters. The zero-order valence-corrected chi connectivity index (χ0v) is 10.7. The van der Waals surface area contributed by atoms with Crippen LogP contribution in [0.3, 0.4) is 0 Å². The molecule has 0 aliphatic carbocycles. The second-order valence-electron chi connectivity index (χ2n) is 4.28. The van der Waals surface area contributed by atoms with Crippen molar-refractivity contribution in [2.75, 3.05) is 0 Å². The zero-order valence-electron chi connectivity index (χ0n) is 10.7. The summed E-state index contributed by atoms with van der Waals surface area (Å²) in [6, 6.07) is 1.97. The molecular formula is C13H17N5. The van der Waals surface area contributed by atoms with Crippen molar-refractivity contribution in [3.8, 4) is 11.5 Å². The van der Waals surface area contributed by atoms with Gasteiger partial charge in [0.15, 0.2) is 5.82 Å². The monoisotopic (exact) mass is 243 g/mol. The SMILES string of the molecule is CCC(N)Cc1cnc(-c2ccnc(C)n2)nc1. The highest BCUT2D eigenvalue weighted by atomic mass is 14.9. The molecule has 0 radical (unpaired) electrons. The lowest BCUT2D eigenvalue weighted by molar-refractivity contribution is 0.643. The Morgan fingerprint density at radius 1 is 1.22 bits per heavy atom. The average Bonchev–Trinajstić information content (AvgIpc) is 2.39. The lowest BCUT2D eigenvalue weighted by Gasteiger charge is -2.08. The van der Waals surface area contributed by atoms with Crippen molar-refractivity contribution < 1.29 is 0 Å². The molecule has 0 bridgehead atoms. The molecule has 0 spiro atoms. The smallest absolute Gasteiger partial charge is 0.178 e. The number of hydrogen-bond donors (Lipinski definition) is 1. The van der Waals surface area contributed by atoms with Gasteiger partial charge in [-0.25, -0.2) is 19.9 Å². The second kappa shape index (κ2) is 5.64. The minimum Gasteiger partial charge on any atom is -0.327 e. The zero-order chi connectivity index (χ0) is 13.0. The van der Waals surface area contributed by atoms with E-state index in [-0.39, 0.29) is 6.04 Å². The number of aryl methyl sites for hydroxylation is 1. The average molecular weight is 243 g/mol. The van der Waals surface area contributed by atoms with Crippen LogP contribution in [-0.4, -0.2) is 26.0 Å². The molecule has 0 aliphatic rings. The largest absolute Gasteiger partial charge is 0.327 e. The van der Waals surface area contributed by atoms with E-state index in [4.69, 9.17) is 5.73 Å².